The summed E-state index contributed by atoms with van der Waals surface area (Å²) in [6, 6.07) is 8.26. The van der Waals surface area contributed by atoms with E-state index in [-0.39, 0.29) is 5.91 Å². The number of rotatable bonds is 4. The molecule has 1 atom stereocenters. The molecule has 0 saturated carbocycles. The lowest BCUT2D eigenvalue weighted by molar-refractivity contribution is -0.132. The first-order chi connectivity index (χ1) is 8.72. The molecule has 1 heterocycles. The average Bonchev–Trinajstić information content (AvgIpc) is 2.86. The molecule has 0 bridgehead atoms. The number of aryl methyl sites for hydroxylation is 1. The largest absolute Gasteiger partial charge is 0.399 e. The number of carbonyl (C=O) groups is 1. The molecule has 1 aromatic rings. The number of hydrogen-bond donors (Lipinski definition) is 1. The third-order valence-corrected chi connectivity index (χ3v) is 3.83. The summed E-state index contributed by atoms with van der Waals surface area (Å²) in [6.45, 7) is 3.09. The van der Waals surface area contributed by atoms with Crippen LogP contribution in [0.4, 0.5) is 5.69 Å². The summed E-state index contributed by atoms with van der Waals surface area (Å²) in [7, 11) is 0. The minimum Gasteiger partial charge on any atom is -0.399 e. The summed E-state index contributed by atoms with van der Waals surface area (Å²) in [5.41, 5.74) is 7.76. The van der Waals surface area contributed by atoms with Crippen LogP contribution in [-0.4, -0.2) is 23.4 Å². The fourth-order valence-electron chi connectivity index (χ4n) is 2.74. The monoisotopic (exact) mass is 246 g/mol. The molecule has 1 aliphatic heterocycles. The zero-order valence-electron chi connectivity index (χ0n) is 11.1. The Labute approximate surface area is 109 Å². The number of nitrogens with zero attached hydrogens (tertiary/aromatic N) is 1. The van der Waals surface area contributed by atoms with E-state index in [0.717, 1.165) is 43.5 Å². The second kappa shape index (κ2) is 5.89. The Morgan fingerprint density at radius 3 is 2.94 bits per heavy atom. The van der Waals surface area contributed by atoms with Crippen LogP contribution >= 0.6 is 0 Å². The van der Waals surface area contributed by atoms with Crippen LogP contribution < -0.4 is 5.73 Å². The van der Waals surface area contributed by atoms with Gasteiger partial charge in [-0.2, -0.15) is 0 Å². The molecule has 0 spiro atoms. The van der Waals surface area contributed by atoms with Crippen molar-refractivity contribution in [1.29, 1.82) is 0 Å². The summed E-state index contributed by atoms with van der Waals surface area (Å²) >= 11 is 0. The van der Waals surface area contributed by atoms with E-state index in [9.17, 15) is 4.79 Å². The lowest BCUT2D eigenvalue weighted by atomic mass is 10.1. The van der Waals surface area contributed by atoms with Gasteiger partial charge in [0.2, 0.25) is 5.91 Å². The summed E-state index contributed by atoms with van der Waals surface area (Å²) in [5, 5.41) is 0. The molecule has 0 aliphatic carbocycles. The first kappa shape index (κ1) is 12.9. The first-order valence-corrected chi connectivity index (χ1v) is 6.85. The number of amides is 1. The van der Waals surface area contributed by atoms with E-state index in [1.54, 1.807) is 0 Å². The van der Waals surface area contributed by atoms with Gasteiger partial charge in [0.05, 0.1) is 0 Å². The molecule has 1 aromatic carbocycles. The smallest absolute Gasteiger partial charge is 0.223 e. The van der Waals surface area contributed by atoms with E-state index in [2.05, 4.69) is 11.8 Å². The number of anilines is 1. The Bertz CT molecular complexity index is 417. The molecular formula is C15H22N2O. The number of carbonyl (C=O) groups excluding carboxylic acids is 1. The van der Waals surface area contributed by atoms with E-state index in [1.807, 2.05) is 24.3 Å². The minimum atomic E-state index is 0.280. The standard InChI is InChI=1S/C15H22N2O/c1-2-13-7-5-11-17(13)15(18)10-9-12-6-3-4-8-14(12)16/h3-4,6,8,13H,2,5,7,9-11,16H2,1H3. The zero-order chi connectivity index (χ0) is 13.0. The number of hydrogen-bond acceptors (Lipinski definition) is 2. The van der Waals surface area contributed by atoms with Gasteiger partial charge in [0.25, 0.3) is 0 Å². The molecule has 3 nitrogen and oxygen atoms in total. The Balaban J connectivity index is 1.90. The van der Waals surface area contributed by atoms with Crippen LogP contribution in [0, 0.1) is 0 Å². The van der Waals surface area contributed by atoms with Crippen molar-refractivity contribution in [3.63, 3.8) is 0 Å². The number of para-hydroxylation sites is 1. The highest BCUT2D eigenvalue weighted by molar-refractivity contribution is 5.77. The normalized spacial score (nSPS) is 19.2. The molecule has 0 radical (unpaired) electrons. The van der Waals surface area contributed by atoms with Crippen molar-refractivity contribution in [3.05, 3.63) is 29.8 Å². The highest BCUT2D eigenvalue weighted by Gasteiger charge is 2.26. The summed E-state index contributed by atoms with van der Waals surface area (Å²) in [5.74, 6) is 0.280. The van der Waals surface area contributed by atoms with Crippen molar-refractivity contribution >= 4 is 11.6 Å². The summed E-state index contributed by atoms with van der Waals surface area (Å²) < 4.78 is 0. The van der Waals surface area contributed by atoms with Crippen molar-refractivity contribution < 1.29 is 4.79 Å². The lowest BCUT2D eigenvalue weighted by Gasteiger charge is -2.23. The van der Waals surface area contributed by atoms with Crippen molar-refractivity contribution in [2.45, 2.75) is 45.1 Å². The van der Waals surface area contributed by atoms with Gasteiger partial charge in [-0.15, -0.1) is 0 Å². The second-order valence-electron chi connectivity index (χ2n) is 4.99. The van der Waals surface area contributed by atoms with Crippen LogP contribution in [0.3, 0.4) is 0 Å². The third kappa shape index (κ3) is 2.84. The third-order valence-electron chi connectivity index (χ3n) is 3.83. The molecule has 1 aliphatic rings. The van der Waals surface area contributed by atoms with Gasteiger partial charge in [-0.1, -0.05) is 25.1 Å². The van der Waals surface area contributed by atoms with Crippen molar-refractivity contribution in [3.8, 4) is 0 Å². The Kier molecular flexibility index (Phi) is 4.24. The van der Waals surface area contributed by atoms with Gasteiger partial charge in [0.1, 0.15) is 0 Å². The molecule has 0 aromatic heterocycles. The van der Waals surface area contributed by atoms with E-state index in [0.29, 0.717) is 12.5 Å². The zero-order valence-corrected chi connectivity index (χ0v) is 11.1. The first-order valence-electron chi connectivity index (χ1n) is 6.85. The van der Waals surface area contributed by atoms with Gasteiger partial charge in [0.15, 0.2) is 0 Å². The van der Waals surface area contributed by atoms with Crippen LogP contribution in [0.5, 0.6) is 0 Å². The number of nitrogens with two attached hydrogens (primary N) is 1. The van der Waals surface area contributed by atoms with Gasteiger partial charge in [-0.25, -0.2) is 0 Å². The highest BCUT2D eigenvalue weighted by Crippen LogP contribution is 2.21. The van der Waals surface area contributed by atoms with Crippen LogP contribution in [0.25, 0.3) is 0 Å². The van der Waals surface area contributed by atoms with Crippen molar-refractivity contribution in [2.24, 2.45) is 0 Å². The van der Waals surface area contributed by atoms with E-state index in [4.69, 9.17) is 5.73 Å². The van der Waals surface area contributed by atoms with E-state index in [1.165, 1.54) is 0 Å². The molecule has 1 fully saturated rings. The highest BCUT2D eigenvalue weighted by atomic mass is 16.2. The van der Waals surface area contributed by atoms with Gasteiger partial charge >= 0.3 is 0 Å². The van der Waals surface area contributed by atoms with Gasteiger partial charge in [-0.3, -0.25) is 4.79 Å². The van der Waals surface area contributed by atoms with Crippen LogP contribution in [0.1, 0.15) is 38.2 Å². The summed E-state index contributed by atoms with van der Waals surface area (Å²) in [6.07, 6.45) is 4.70. The maximum atomic E-state index is 12.2. The fourth-order valence-corrected chi connectivity index (χ4v) is 2.74. The molecule has 1 unspecified atom stereocenters. The maximum absolute atomic E-state index is 12.2. The SMILES string of the molecule is CCC1CCCN1C(=O)CCc1ccccc1N. The molecule has 18 heavy (non-hydrogen) atoms. The minimum absolute atomic E-state index is 0.280. The van der Waals surface area contributed by atoms with Gasteiger partial charge in [-0.05, 0) is 37.3 Å². The van der Waals surface area contributed by atoms with Crippen molar-refractivity contribution in [2.75, 3.05) is 12.3 Å². The predicted octanol–water partition coefficient (Wildman–Crippen LogP) is 2.60. The molecule has 98 valence electrons. The average molecular weight is 246 g/mol. The quantitative estimate of drug-likeness (QED) is 0.830. The number of nitrogen functional groups attached to an aromatic ring is 1. The van der Waals surface area contributed by atoms with Gasteiger partial charge in [0, 0.05) is 24.7 Å². The molecular weight excluding hydrogens is 224 g/mol. The van der Waals surface area contributed by atoms with Crippen molar-refractivity contribution in [1.82, 2.24) is 4.90 Å². The Morgan fingerprint density at radius 2 is 2.22 bits per heavy atom. The second-order valence-corrected chi connectivity index (χ2v) is 4.99. The Morgan fingerprint density at radius 1 is 1.44 bits per heavy atom. The lowest BCUT2D eigenvalue weighted by Crippen LogP contribution is -2.35. The fraction of sp³-hybridized carbons (Fsp3) is 0.533. The number of benzene rings is 1. The number of likely N-dealkylation sites (tertiary alicyclic amines) is 1. The molecule has 1 amide bonds. The molecule has 3 heteroatoms. The van der Waals surface area contributed by atoms with E-state index >= 15 is 0 Å². The predicted molar refractivity (Wildman–Crippen MR) is 74.2 cm³/mol. The molecule has 1 saturated heterocycles. The van der Waals surface area contributed by atoms with Crippen LogP contribution in [-0.2, 0) is 11.2 Å². The topological polar surface area (TPSA) is 46.3 Å². The molecule has 2 N–H and O–H groups in total. The van der Waals surface area contributed by atoms with Gasteiger partial charge < -0.3 is 10.6 Å². The van der Waals surface area contributed by atoms with E-state index < -0.39 is 0 Å². The molecule has 2 rings (SSSR count). The Hall–Kier alpha value is -1.51. The summed E-state index contributed by atoms with van der Waals surface area (Å²) in [4.78, 5) is 14.2. The van der Waals surface area contributed by atoms with Crippen LogP contribution in [0.2, 0.25) is 0 Å². The van der Waals surface area contributed by atoms with Crippen LogP contribution in [0.15, 0.2) is 24.3 Å². The maximum Gasteiger partial charge on any atom is 0.223 e.